The van der Waals surface area contributed by atoms with Crippen molar-refractivity contribution in [3.63, 3.8) is 0 Å². The molecule has 0 saturated heterocycles. The number of hydrogen-bond donors (Lipinski definition) is 2. The van der Waals surface area contributed by atoms with Gasteiger partial charge in [0.05, 0.1) is 5.69 Å². The molecular weight excluding hydrogens is 312 g/mol. The smallest absolute Gasteiger partial charge is 0.340 e. The van der Waals surface area contributed by atoms with Gasteiger partial charge in [-0.25, -0.2) is 17.9 Å². The fourth-order valence-corrected chi connectivity index (χ4v) is 3.56. The summed E-state index contributed by atoms with van der Waals surface area (Å²) in [6.45, 7) is 2.90. The van der Waals surface area contributed by atoms with Crippen LogP contribution in [0.3, 0.4) is 0 Å². The lowest BCUT2D eigenvalue weighted by Gasteiger charge is -2.06. The van der Waals surface area contributed by atoms with Crippen molar-refractivity contribution in [3.8, 4) is 0 Å². The van der Waals surface area contributed by atoms with E-state index in [-0.39, 0.29) is 28.5 Å². The molecular formula is C12H16N4O5S. The van der Waals surface area contributed by atoms with Crippen LogP contribution >= 0.6 is 0 Å². The van der Waals surface area contributed by atoms with E-state index in [1.807, 2.05) is 0 Å². The van der Waals surface area contributed by atoms with E-state index in [0.717, 1.165) is 0 Å². The molecule has 0 unspecified atom stereocenters. The van der Waals surface area contributed by atoms with Crippen LogP contribution in [-0.4, -0.2) is 41.0 Å². The number of aromatic nitrogens is 3. The average molecular weight is 328 g/mol. The lowest BCUT2D eigenvalue weighted by atomic mass is 10.2. The molecule has 0 amide bonds. The summed E-state index contributed by atoms with van der Waals surface area (Å²) < 4.78 is 33.6. The van der Waals surface area contributed by atoms with Gasteiger partial charge in [-0.3, -0.25) is 4.68 Å². The number of nitrogens with one attached hydrogen (secondary N) is 1. The maximum absolute atomic E-state index is 12.3. The average Bonchev–Trinajstić information content (AvgIpc) is 2.92. The van der Waals surface area contributed by atoms with Crippen molar-refractivity contribution in [2.75, 3.05) is 6.54 Å². The molecule has 2 N–H and O–H groups in total. The van der Waals surface area contributed by atoms with Gasteiger partial charge >= 0.3 is 5.97 Å². The second-order valence-electron chi connectivity index (χ2n) is 4.76. The van der Waals surface area contributed by atoms with Gasteiger partial charge in [0.25, 0.3) is 0 Å². The highest BCUT2D eigenvalue weighted by molar-refractivity contribution is 7.89. The fraction of sp³-hybridized carbons (Fsp3) is 0.417. The molecule has 0 aliphatic heterocycles. The van der Waals surface area contributed by atoms with Crippen LogP contribution in [0.2, 0.25) is 0 Å². The van der Waals surface area contributed by atoms with Crippen LogP contribution in [0.25, 0.3) is 0 Å². The molecule has 2 heterocycles. The van der Waals surface area contributed by atoms with Gasteiger partial charge in [0.2, 0.25) is 10.0 Å². The van der Waals surface area contributed by atoms with Crippen molar-refractivity contribution in [2.45, 2.75) is 25.2 Å². The highest BCUT2D eigenvalue weighted by Gasteiger charge is 2.30. The Kier molecular flexibility index (Phi) is 4.33. The van der Waals surface area contributed by atoms with Crippen molar-refractivity contribution in [2.24, 2.45) is 7.05 Å². The number of carboxylic acid groups (broad SMARTS) is 1. The predicted molar refractivity (Wildman–Crippen MR) is 75.0 cm³/mol. The molecule has 9 nitrogen and oxygen atoms in total. The normalized spacial score (nSPS) is 11.8. The zero-order valence-corrected chi connectivity index (χ0v) is 13.1. The van der Waals surface area contributed by atoms with Gasteiger partial charge in [-0.2, -0.15) is 0 Å². The molecule has 10 heteroatoms. The molecule has 120 valence electrons. The van der Waals surface area contributed by atoms with Crippen molar-refractivity contribution in [1.82, 2.24) is 19.7 Å². The van der Waals surface area contributed by atoms with Crippen LogP contribution < -0.4 is 4.72 Å². The molecule has 0 aliphatic rings. The van der Waals surface area contributed by atoms with E-state index in [1.54, 1.807) is 13.2 Å². The standard InChI is InChI=1S/C12H16N4O5S/c1-7-10(12(17)18)11(8(2)21-7)22(19,20)13-5-4-9-6-16(3)15-14-9/h6,13H,4-5H2,1-3H3,(H,17,18). The van der Waals surface area contributed by atoms with E-state index in [1.165, 1.54) is 18.5 Å². The topological polar surface area (TPSA) is 127 Å². The van der Waals surface area contributed by atoms with Crippen molar-refractivity contribution in [3.05, 3.63) is 29.0 Å². The van der Waals surface area contributed by atoms with Gasteiger partial charge < -0.3 is 9.52 Å². The predicted octanol–water partition coefficient (Wildman–Crippen LogP) is 0.244. The maximum Gasteiger partial charge on any atom is 0.340 e. The first-order valence-corrected chi connectivity index (χ1v) is 7.89. The number of aryl methyl sites for hydroxylation is 3. The van der Waals surface area contributed by atoms with Crippen LogP contribution in [0.1, 0.15) is 27.6 Å². The van der Waals surface area contributed by atoms with Crippen LogP contribution in [0, 0.1) is 13.8 Å². The van der Waals surface area contributed by atoms with Gasteiger partial charge in [0, 0.05) is 26.2 Å². The maximum atomic E-state index is 12.3. The Morgan fingerprint density at radius 2 is 2.09 bits per heavy atom. The summed E-state index contributed by atoms with van der Waals surface area (Å²) in [6, 6.07) is 0. The van der Waals surface area contributed by atoms with Crippen molar-refractivity contribution >= 4 is 16.0 Å². The molecule has 2 rings (SSSR count). The van der Waals surface area contributed by atoms with Gasteiger partial charge in [0.1, 0.15) is 22.0 Å². The largest absolute Gasteiger partial charge is 0.478 e. The molecule has 0 spiro atoms. The summed E-state index contributed by atoms with van der Waals surface area (Å²) in [5, 5.41) is 16.7. The number of aromatic carboxylic acids is 1. The van der Waals surface area contributed by atoms with Crippen LogP contribution in [0.5, 0.6) is 0 Å². The molecule has 0 fully saturated rings. The number of furan rings is 1. The first kappa shape index (κ1) is 16.2. The van der Waals surface area contributed by atoms with E-state index >= 15 is 0 Å². The Bertz CT molecular complexity index is 806. The summed E-state index contributed by atoms with van der Waals surface area (Å²) in [4.78, 5) is 10.9. The third-order valence-electron chi connectivity index (χ3n) is 3.01. The highest BCUT2D eigenvalue weighted by Crippen LogP contribution is 2.26. The molecule has 0 saturated carbocycles. The van der Waals surface area contributed by atoms with E-state index in [9.17, 15) is 13.2 Å². The molecule has 0 radical (unpaired) electrons. The summed E-state index contributed by atoms with van der Waals surface area (Å²) in [5.74, 6) is -1.25. The van der Waals surface area contributed by atoms with Crippen molar-refractivity contribution < 1.29 is 22.7 Å². The number of hydrogen-bond acceptors (Lipinski definition) is 6. The Morgan fingerprint density at radius 3 is 2.64 bits per heavy atom. The Labute approximate surface area is 127 Å². The molecule has 2 aromatic rings. The van der Waals surface area contributed by atoms with Crippen LogP contribution in [0.15, 0.2) is 15.5 Å². The molecule has 2 aromatic heterocycles. The second kappa shape index (κ2) is 5.89. The lowest BCUT2D eigenvalue weighted by molar-refractivity contribution is 0.0691. The van der Waals surface area contributed by atoms with E-state index in [0.29, 0.717) is 12.1 Å². The minimum atomic E-state index is -3.99. The summed E-state index contributed by atoms with van der Waals surface area (Å²) >= 11 is 0. The van der Waals surface area contributed by atoms with Gasteiger partial charge in [-0.15, -0.1) is 5.10 Å². The molecule has 0 aliphatic carbocycles. The number of nitrogens with zero attached hydrogens (tertiary/aromatic N) is 3. The number of sulfonamides is 1. The molecule has 0 atom stereocenters. The zero-order valence-electron chi connectivity index (χ0n) is 12.3. The first-order chi connectivity index (χ1) is 10.2. The second-order valence-corrected chi connectivity index (χ2v) is 6.46. The summed E-state index contributed by atoms with van der Waals surface area (Å²) in [6.07, 6.45) is 2.01. The monoisotopic (exact) mass is 328 g/mol. The van der Waals surface area contributed by atoms with E-state index in [4.69, 9.17) is 9.52 Å². The zero-order chi connectivity index (χ0) is 16.5. The Balaban J connectivity index is 2.19. The molecule has 0 aromatic carbocycles. The first-order valence-electron chi connectivity index (χ1n) is 6.40. The van der Waals surface area contributed by atoms with Gasteiger partial charge in [-0.1, -0.05) is 5.21 Å². The SMILES string of the molecule is Cc1oc(C)c(S(=O)(=O)NCCc2cn(C)nn2)c1C(=O)O. The molecule has 0 bridgehead atoms. The Hall–Kier alpha value is -2.20. The third kappa shape index (κ3) is 3.17. The third-order valence-corrected chi connectivity index (χ3v) is 4.62. The fourth-order valence-electron chi connectivity index (χ4n) is 2.13. The number of rotatable bonds is 6. The minimum Gasteiger partial charge on any atom is -0.478 e. The van der Waals surface area contributed by atoms with Gasteiger partial charge in [0.15, 0.2) is 0 Å². The Morgan fingerprint density at radius 1 is 1.41 bits per heavy atom. The number of carboxylic acids is 1. The van der Waals surface area contributed by atoms with Crippen LogP contribution in [0.4, 0.5) is 0 Å². The van der Waals surface area contributed by atoms with E-state index in [2.05, 4.69) is 15.0 Å². The highest BCUT2D eigenvalue weighted by atomic mass is 32.2. The van der Waals surface area contributed by atoms with Gasteiger partial charge in [-0.05, 0) is 13.8 Å². The summed E-state index contributed by atoms with van der Waals surface area (Å²) in [7, 11) is -2.28. The number of carbonyl (C=O) groups is 1. The minimum absolute atomic E-state index is 0.0434. The van der Waals surface area contributed by atoms with Crippen molar-refractivity contribution in [1.29, 1.82) is 0 Å². The molecule has 22 heavy (non-hydrogen) atoms. The lowest BCUT2D eigenvalue weighted by Crippen LogP contribution is -2.27. The van der Waals surface area contributed by atoms with Crippen LogP contribution in [-0.2, 0) is 23.5 Å². The summed E-state index contributed by atoms with van der Waals surface area (Å²) in [5.41, 5.74) is 0.285. The van der Waals surface area contributed by atoms with E-state index < -0.39 is 16.0 Å². The quantitative estimate of drug-likeness (QED) is 0.777.